The number of hydrazine groups is 1. The minimum atomic E-state index is -0.168. The van der Waals surface area contributed by atoms with Crippen molar-refractivity contribution in [2.45, 2.75) is 66.8 Å². The number of amidine groups is 1. The van der Waals surface area contributed by atoms with Gasteiger partial charge in [-0.2, -0.15) is 0 Å². The molecule has 0 fully saturated rings. The molecular formula is C32H47N7O2. The largest absolute Gasteiger partial charge is 0.384 e. The maximum atomic E-state index is 13.7. The molecule has 1 aromatic carbocycles. The molecule has 0 aliphatic heterocycles. The second-order valence-corrected chi connectivity index (χ2v) is 11.6. The number of nitrogens with two attached hydrogens (primary N) is 2. The highest BCUT2D eigenvalue weighted by atomic mass is 16.2. The molecule has 0 saturated carbocycles. The smallest absolute Gasteiger partial charge is 0.254 e. The summed E-state index contributed by atoms with van der Waals surface area (Å²) in [6, 6.07) is 14.0. The van der Waals surface area contributed by atoms with Crippen molar-refractivity contribution >= 4 is 23.0 Å². The number of nitrogens with one attached hydrogen (secondary N) is 1. The lowest BCUT2D eigenvalue weighted by Crippen LogP contribution is -2.40. The molecule has 0 bridgehead atoms. The van der Waals surface area contributed by atoms with Gasteiger partial charge in [0, 0.05) is 42.5 Å². The SMILES string of the molecule is CCNC(CCc1ccc(C(=O)c2c(CC)cc3cc(C(=O)N(CC)C/C(N)=N/N(C)N)ccn23)cc1)C(C)(C)C. The van der Waals surface area contributed by atoms with Crippen LogP contribution in [-0.2, 0) is 12.8 Å². The van der Waals surface area contributed by atoms with Crippen molar-refractivity contribution in [3.05, 3.63) is 76.6 Å². The summed E-state index contributed by atoms with van der Waals surface area (Å²) in [5, 5.41) is 8.70. The fourth-order valence-corrected chi connectivity index (χ4v) is 5.19. The highest BCUT2D eigenvalue weighted by Gasteiger charge is 2.24. The molecule has 0 aliphatic carbocycles. The Morgan fingerprint density at radius 1 is 1.05 bits per heavy atom. The highest BCUT2D eigenvalue weighted by Crippen LogP contribution is 2.25. The van der Waals surface area contributed by atoms with Crippen molar-refractivity contribution < 1.29 is 9.59 Å². The van der Waals surface area contributed by atoms with Crippen molar-refractivity contribution in [2.24, 2.45) is 22.1 Å². The number of fused-ring (bicyclic) bond motifs is 1. The lowest BCUT2D eigenvalue weighted by atomic mass is 9.83. The molecule has 0 spiro atoms. The second-order valence-electron chi connectivity index (χ2n) is 11.6. The third kappa shape index (κ3) is 7.95. The molecule has 41 heavy (non-hydrogen) atoms. The van der Waals surface area contributed by atoms with E-state index in [1.165, 1.54) is 5.56 Å². The van der Waals surface area contributed by atoms with Crippen molar-refractivity contribution in [3.8, 4) is 0 Å². The molecule has 3 rings (SSSR count). The minimum absolute atomic E-state index is 0.0298. The van der Waals surface area contributed by atoms with Gasteiger partial charge in [-0.15, -0.1) is 5.10 Å². The first-order valence-electron chi connectivity index (χ1n) is 14.5. The van der Waals surface area contributed by atoms with Gasteiger partial charge in [-0.05, 0) is 67.5 Å². The second kappa shape index (κ2) is 13.8. The molecule has 1 unspecified atom stereocenters. The summed E-state index contributed by atoms with van der Waals surface area (Å²) in [6.45, 7) is 14.4. The van der Waals surface area contributed by atoms with Gasteiger partial charge in [0.2, 0.25) is 5.78 Å². The highest BCUT2D eigenvalue weighted by molar-refractivity contribution is 6.10. The standard InChI is InChI=1S/C32H47N7O2/c1-8-23-19-26-20-25(31(41)38(10-3)21-28(33)36-37(7)34)17-18-39(26)29(23)30(40)24-14-11-22(12-15-24)13-16-27(35-9-2)32(4,5)6/h11-12,14-15,17-20,27,35H,8-10,13,16,21,34H2,1-7H3,(H2,33,36). The van der Waals surface area contributed by atoms with Gasteiger partial charge in [0.15, 0.2) is 0 Å². The molecule has 0 aliphatic rings. The van der Waals surface area contributed by atoms with Crippen LogP contribution >= 0.6 is 0 Å². The molecule has 1 amide bonds. The van der Waals surface area contributed by atoms with Crippen molar-refractivity contribution in [2.75, 3.05) is 26.7 Å². The number of amides is 1. The lowest BCUT2D eigenvalue weighted by Gasteiger charge is -2.31. The van der Waals surface area contributed by atoms with E-state index in [0.717, 1.165) is 35.6 Å². The summed E-state index contributed by atoms with van der Waals surface area (Å²) < 4.78 is 1.88. The van der Waals surface area contributed by atoms with E-state index in [4.69, 9.17) is 11.6 Å². The molecular weight excluding hydrogens is 514 g/mol. The average molecular weight is 562 g/mol. The predicted octanol–water partition coefficient (Wildman–Crippen LogP) is 4.23. The zero-order valence-corrected chi connectivity index (χ0v) is 25.7. The first-order chi connectivity index (χ1) is 19.4. The van der Waals surface area contributed by atoms with Crippen molar-refractivity contribution in [1.29, 1.82) is 0 Å². The first kappa shape index (κ1) is 31.8. The number of aryl methyl sites for hydroxylation is 2. The van der Waals surface area contributed by atoms with Crippen molar-refractivity contribution in [1.82, 2.24) is 19.7 Å². The van der Waals surface area contributed by atoms with E-state index in [9.17, 15) is 9.59 Å². The number of carbonyl (C=O) groups excluding carboxylic acids is 2. The van der Waals surface area contributed by atoms with Crippen LogP contribution in [0.1, 0.15) is 85.5 Å². The number of hydrogen-bond donors (Lipinski definition) is 3. The monoisotopic (exact) mass is 561 g/mol. The van der Waals surface area contributed by atoms with Crippen molar-refractivity contribution in [3.63, 3.8) is 0 Å². The van der Waals surface area contributed by atoms with E-state index in [1.807, 2.05) is 42.5 Å². The van der Waals surface area contributed by atoms with E-state index >= 15 is 0 Å². The van der Waals surface area contributed by atoms with Gasteiger partial charge in [-0.25, -0.2) is 11.0 Å². The number of nitrogens with zero attached hydrogens (tertiary/aromatic N) is 4. The third-order valence-electron chi connectivity index (χ3n) is 7.44. The number of carbonyl (C=O) groups is 2. The lowest BCUT2D eigenvalue weighted by molar-refractivity contribution is 0.0786. The summed E-state index contributed by atoms with van der Waals surface area (Å²) in [6.07, 6.45) is 4.48. The number of benzene rings is 1. The molecule has 222 valence electrons. The van der Waals surface area contributed by atoms with Gasteiger partial charge in [-0.3, -0.25) is 9.59 Å². The molecule has 9 nitrogen and oxygen atoms in total. The fourth-order valence-electron chi connectivity index (χ4n) is 5.19. The Morgan fingerprint density at radius 3 is 2.29 bits per heavy atom. The van der Waals surface area contributed by atoms with Crippen LogP contribution in [0, 0.1) is 5.41 Å². The van der Waals surface area contributed by atoms with Crippen LogP contribution in [0.4, 0.5) is 0 Å². The Kier molecular flexibility index (Phi) is 10.7. The quantitative estimate of drug-likeness (QED) is 0.0944. The molecule has 5 N–H and O–H groups in total. The number of hydrogen-bond acceptors (Lipinski definition) is 6. The summed E-state index contributed by atoms with van der Waals surface area (Å²) in [5.41, 5.74) is 10.9. The fraction of sp³-hybridized carbons (Fsp3) is 0.469. The predicted molar refractivity (Wildman–Crippen MR) is 167 cm³/mol. The average Bonchev–Trinajstić information content (AvgIpc) is 3.30. The molecule has 0 radical (unpaired) electrons. The summed E-state index contributed by atoms with van der Waals surface area (Å²) in [7, 11) is 1.57. The van der Waals surface area contributed by atoms with Crippen LogP contribution < -0.4 is 16.9 Å². The maximum Gasteiger partial charge on any atom is 0.254 e. The number of hydrazone groups is 1. The van der Waals surface area contributed by atoms with E-state index in [2.05, 4.69) is 50.2 Å². The Bertz CT molecular complexity index is 1370. The van der Waals surface area contributed by atoms with E-state index in [1.54, 1.807) is 24.2 Å². The van der Waals surface area contributed by atoms with Crippen LogP contribution in [0.2, 0.25) is 0 Å². The Morgan fingerprint density at radius 2 is 1.73 bits per heavy atom. The molecule has 1 atom stereocenters. The van der Waals surface area contributed by atoms with Crippen LogP contribution in [-0.4, -0.2) is 64.7 Å². The Labute approximate surface area is 244 Å². The maximum absolute atomic E-state index is 13.7. The van der Waals surface area contributed by atoms with E-state index in [0.29, 0.717) is 35.8 Å². The number of likely N-dealkylation sites (N-methyl/N-ethyl adjacent to an activating group) is 1. The van der Waals surface area contributed by atoms with Gasteiger partial charge in [0.25, 0.3) is 5.91 Å². The topological polar surface area (TPSA) is 121 Å². The number of rotatable bonds is 13. The van der Waals surface area contributed by atoms with Crippen LogP contribution in [0.3, 0.4) is 0 Å². The molecule has 9 heteroatoms. The number of ketones is 1. The molecule has 2 aromatic heterocycles. The van der Waals surface area contributed by atoms with Crippen LogP contribution in [0.25, 0.3) is 5.52 Å². The number of aromatic nitrogens is 1. The molecule has 3 aromatic rings. The van der Waals surface area contributed by atoms with E-state index < -0.39 is 0 Å². The summed E-state index contributed by atoms with van der Waals surface area (Å²) in [5.74, 6) is 5.59. The zero-order chi connectivity index (χ0) is 30.3. The number of pyridine rings is 1. The minimum Gasteiger partial charge on any atom is -0.384 e. The van der Waals surface area contributed by atoms with Gasteiger partial charge in [0.1, 0.15) is 5.84 Å². The zero-order valence-electron chi connectivity index (χ0n) is 25.7. The molecule has 2 heterocycles. The van der Waals surface area contributed by atoms with Gasteiger partial charge in [-0.1, -0.05) is 58.9 Å². The van der Waals surface area contributed by atoms with Gasteiger partial charge < -0.3 is 20.4 Å². The Hall–Kier alpha value is -3.69. The first-order valence-corrected chi connectivity index (χ1v) is 14.5. The normalized spacial score (nSPS) is 12.9. The van der Waals surface area contributed by atoms with Crippen LogP contribution in [0.15, 0.2) is 53.8 Å². The van der Waals surface area contributed by atoms with Gasteiger partial charge >= 0.3 is 0 Å². The third-order valence-corrected chi connectivity index (χ3v) is 7.44. The summed E-state index contributed by atoms with van der Waals surface area (Å²) >= 11 is 0. The van der Waals surface area contributed by atoms with E-state index in [-0.39, 0.29) is 29.5 Å². The van der Waals surface area contributed by atoms with Gasteiger partial charge in [0.05, 0.1) is 12.2 Å². The Balaban J connectivity index is 1.83. The molecule has 0 saturated heterocycles. The summed E-state index contributed by atoms with van der Waals surface area (Å²) in [4.78, 5) is 28.6. The van der Waals surface area contributed by atoms with Crippen LogP contribution in [0.5, 0.6) is 0 Å².